The molecule has 0 radical (unpaired) electrons. The molecule has 5 nitrogen and oxygen atoms in total. The van der Waals surface area contributed by atoms with Crippen LogP contribution in [0.4, 0.5) is 5.13 Å². The predicted octanol–water partition coefficient (Wildman–Crippen LogP) is 2.52. The minimum Gasteiger partial charge on any atom is -0.353 e. The van der Waals surface area contributed by atoms with Gasteiger partial charge in [0.2, 0.25) is 5.13 Å². The molecule has 0 aliphatic rings. The second-order valence-electron chi connectivity index (χ2n) is 3.86. The highest BCUT2D eigenvalue weighted by Crippen LogP contribution is 2.17. The van der Waals surface area contributed by atoms with Crippen molar-refractivity contribution in [3.8, 4) is 0 Å². The lowest BCUT2D eigenvalue weighted by atomic mass is 10.3. The Morgan fingerprint density at radius 1 is 1.33 bits per heavy atom. The Morgan fingerprint density at radius 2 is 2.22 bits per heavy atom. The molecule has 2 heterocycles. The molecule has 2 aromatic heterocycles. The van der Waals surface area contributed by atoms with Gasteiger partial charge in [0, 0.05) is 6.54 Å². The molecule has 92 valence electrons. The van der Waals surface area contributed by atoms with Crippen molar-refractivity contribution in [1.82, 2.24) is 19.7 Å². The number of fused-ring (bicyclic) bond motifs is 1. The number of hydrogen-bond acceptors (Lipinski definition) is 5. The molecule has 18 heavy (non-hydrogen) atoms. The summed E-state index contributed by atoms with van der Waals surface area (Å²) < 4.78 is 2.21. The summed E-state index contributed by atoms with van der Waals surface area (Å²) in [7, 11) is 0. The van der Waals surface area contributed by atoms with Crippen molar-refractivity contribution in [1.29, 1.82) is 0 Å². The quantitative estimate of drug-likeness (QED) is 0.782. The Hall–Kier alpha value is -1.95. The Balaban J connectivity index is 1.91. The van der Waals surface area contributed by atoms with Crippen molar-refractivity contribution in [3.63, 3.8) is 0 Å². The van der Waals surface area contributed by atoms with Crippen LogP contribution in [0.2, 0.25) is 0 Å². The van der Waals surface area contributed by atoms with Gasteiger partial charge in [0.15, 0.2) is 0 Å². The van der Waals surface area contributed by atoms with E-state index < -0.39 is 0 Å². The van der Waals surface area contributed by atoms with Gasteiger partial charge in [0.05, 0.1) is 17.6 Å². The van der Waals surface area contributed by atoms with E-state index in [0.717, 1.165) is 23.0 Å². The average molecular weight is 259 g/mol. The molecule has 0 spiro atoms. The Labute approximate surface area is 109 Å². The Morgan fingerprint density at radius 3 is 3.00 bits per heavy atom. The lowest BCUT2D eigenvalue weighted by Gasteiger charge is -2.06. The highest BCUT2D eigenvalue weighted by molar-refractivity contribution is 7.13. The molecule has 0 saturated carbocycles. The van der Waals surface area contributed by atoms with E-state index in [1.165, 1.54) is 16.9 Å². The summed E-state index contributed by atoms with van der Waals surface area (Å²) in [5, 5.41) is 11.8. The molecule has 0 atom stereocenters. The molecule has 0 aliphatic carbocycles. The van der Waals surface area contributed by atoms with E-state index in [-0.39, 0.29) is 0 Å². The number of aryl methyl sites for hydroxylation is 1. The molecule has 1 N–H and O–H groups in total. The van der Waals surface area contributed by atoms with Gasteiger partial charge in [-0.2, -0.15) is 0 Å². The highest BCUT2D eigenvalue weighted by atomic mass is 32.1. The van der Waals surface area contributed by atoms with Gasteiger partial charge in [0.25, 0.3) is 0 Å². The smallest absolute Gasteiger partial charge is 0.205 e. The van der Waals surface area contributed by atoms with Crippen LogP contribution in [-0.2, 0) is 13.1 Å². The summed E-state index contributed by atoms with van der Waals surface area (Å²) >= 11 is 1.49. The number of rotatable bonds is 4. The number of anilines is 1. The van der Waals surface area contributed by atoms with E-state index in [1.807, 2.05) is 18.2 Å². The first kappa shape index (κ1) is 11.2. The first-order valence-electron chi connectivity index (χ1n) is 5.82. The van der Waals surface area contributed by atoms with Crippen LogP contribution in [0.15, 0.2) is 29.8 Å². The predicted molar refractivity (Wildman–Crippen MR) is 72.6 cm³/mol. The number of hydrogen-bond donors (Lipinski definition) is 1. The number of aromatic nitrogens is 4. The molecule has 3 aromatic rings. The topological polar surface area (TPSA) is 55.6 Å². The van der Waals surface area contributed by atoms with Crippen molar-refractivity contribution in [2.45, 2.75) is 20.0 Å². The second-order valence-corrected chi connectivity index (χ2v) is 4.69. The van der Waals surface area contributed by atoms with Crippen molar-refractivity contribution in [3.05, 3.63) is 35.6 Å². The van der Waals surface area contributed by atoms with Crippen molar-refractivity contribution in [2.24, 2.45) is 0 Å². The molecular weight excluding hydrogens is 246 g/mol. The Kier molecular flexibility index (Phi) is 2.93. The normalized spacial score (nSPS) is 10.9. The zero-order valence-corrected chi connectivity index (χ0v) is 10.8. The van der Waals surface area contributed by atoms with Crippen LogP contribution in [-0.4, -0.2) is 19.7 Å². The second kappa shape index (κ2) is 4.73. The standard InChI is InChI=1S/C12H13N5S/c1-2-17-10-6-4-3-5-9(10)15-11(17)7-13-12-16-14-8-18-12/h3-6,8H,2,7H2,1H3,(H,13,16). The van der Waals surface area contributed by atoms with Crippen molar-refractivity contribution >= 4 is 27.5 Å². The van der Waals surface area contributed by atoms with Crippen molar-refractivity contribution < 1.29 is 0 Å². The number of nitrogens with one attached hydrogen (secondary N) is 1. The van der Waals surface area contributed by atoms with Gasteiger partial charge in [-0.3, -0.25) is 0 Å². The van der Waals surface area contributed by atoms with Gasteiger partial charge in [-0.1, -0.05) is 23.5 Å². The molecule has 6 heteroatoms. The molecule has 0 amide bonds. The van der Waals surface area contributed by atoms with E-state index in [0.29, 0.717) is 6.54 Å². The van der Waals surface area contributed by atoms with E-state index in [2.05, 4.69) is 38.1 Å². The summed E-state index contributed by atoms with van der Waals surface area (Å²) in [5.74, 6) is 1.02. The molecular formula is C12H13N5S. The lowest BCUT2D eigenvalue weighted by molar-refractivity contribution is 0.728. The zero-order valence-electron chi connectivity index (χ0n) is 10.00. The van der Waals surface area contributed by atoms with Crippen LogP contribution in [0, 0.1) is 0 Å². The third-order valence-corrected chi connectivity index (χ3v) is 3.46. The summed E-state index contributed by atoms with van der Waals surface area (Å²) in [6, 6.07) is 8.19. The number of nitrogens with zero attached hydrogens (tertiary/aromatic N) is 4. The molecule has 3 rings (SSSR count). The molecule has 0 unspecified atom stereocenters. The van der Waals surface area contributed by atoms with E-state index in [4.69, 9.17) is 0 Å². The summed E-state index contributed by atoms with van der Waals surface area (Å²) in [4.78, 5) is 4.64. The zero-order chi connectivity index (χ0) is 12.4. The van der Waals surface area contributed by atoms with Gasteiger partial charge in [0.1, 0.15) is 11.3 Å². The summed E-state index contributed by atoms with van der Waals surface area (Å²) in [6.07, 6.45) is 0. The van der Waals surface area contributed by atoms with Crippen LogP contribution >= 0.6 is 11.3 Å². The molecule has 0 aliphatic heterocycles. The van der Waals surface area contributed by atoms with E-state index in [1.54, 1.807) is 5.51 Å². The van der Waals surface area contributed by atoms with Crippen LogP contribution in [0.5, 0.6) is 0 Å². The third kappa shape index (κ3) is 1.95. The highest BCUT2D eigenvalue weighted by Gasteiger charge is 2.08. The number of imidazole rings is 1. The fourth-order valence-corrected chi connectivity index (χ4v) is 2.46. The maximum atomic E-state index is 4.64. The maximum absolute atomic E-state index is 4.64. The minimum atomic E-state index is 0.664. The summed E-state index contributed by atoms with van der Waals surface area (Å²) in [6.45, 7) is 3.70. The summed E-state index contributed by atoms with van der Waals surface area (Å²) in [5.41, 5.74) is 3.92. The van der Waals surface area contributed by atoms with Gasteiger partial charge in [-0.05, 0) is 19.1 Å². The van der Waals surface area contributed by atoms with Gasteiger partial charge in [-0.25, -0.2) is 4.98 Å². The molecule has 1 aromatic carbocycles. The van der Waals surface area contributed by atoms with Crippen LogP contribution in [0.1, 0.15) is 12.7 Å². The largest absolute Gasteiger partial charge is 0.353 e. The molecule has 0 fully saturated rings. The first-order chi connectivity index (χ1) is 8.88. The first-order valence-corrected chi connectivity index (χ1v) is 6.70. The third-order valence-electron chi connectivity index (χ3n) is 2.81. The van der Waals surface area contributed by atoms with Gasteiger partial charge < -0.3 is 9.88 Å². The van der Waals surface area contributed by atoms with Crippen LogP contribution < -0.4 is 5.32 Å². The SMILES string of the molecule is CCn1c(CNc2nncs2)nc2ccccc21. The fraction of sp³-hybridized carbons (Fsp3) is 0.250. The van der Waals surface area contributed by atoms with Crippen LogP contribution in [0.25, 0.3) is 11.0 Å². The maximum Gasteiger partial charge on any atom is 0.205 e. The van der Waals surface area contributed by atoms with E-state index >= 15 is 0 Å². The Bertz CT molecular complexity index is 644. The van der Waals surface area contributed by atoms with E-state index in [9.17, 15) is 0 Å². The van der Waals surface area contributed by atoms with Crippen LogP contribution in [0.3, 0.4) is 0 Å². The molecule has 0 saturated heterocycles. The van der Waals surface area contributed by atoms with Gasteiger partial charge >= 0.3 is 0 Å². The van der Waals surface area contributed by atoms with Gasteiger partial charge in [-0.15, -0.1) is 10.2 Å². The molecule has 0 bridgehead atoms. The van der Waals surface area contributed by atoms with Crippen molar-refractivity contribution in [2.75, 3.05) is 5.32 Å². The number of para-hydroxylation sites is 2. The monoisotopic (exact) mass is 259 g/mol. The number of benzene rings is 1. The lowest BCUT2D eigenvalue weighted by Crippen LogP contribution is -2.07. The average Bonchev–Trinajstić information content (AvgIpc) is 3.03. The fourth-order valence-electron chi connectivity index (χ4n) is 2.02. The minimum absolute atomic E-state index is 0.664.